The smallest absolute Gasteiger partial charge is 0.479 e. The Bertz CT molecular complexity index is 3740. The van der Waals surface area contributed by atoms with Crippen molar-refractivity contribution in [1.82, 2.24) is 25.2 Å². The Balaban J connectivity index is 0.000000162. The summed E-state index contributed by atoms with van der Waals surface area (Å²) in [5.41, 5.74) is 25.2. The zero-order chi connectivity index (χ0) is 71.5. The third-order valence-electron chi connectivity index (χ3n) is 20.4. The van der Waals surface area contributed by atoms with Gasteiger partial charge in [0, 0.05) is 30.8 Å². The number of carboxylic acids is 1. The van der Waals surface area contributed by atoms with E-state index in [9.17, 15) is 14.4 Å². The molecule has 524 valence electrons. The highest BCUT2D eigenvalue weighted by atomic mass is 79.9. The fourth-order valence-corrected chi connectivity index (χ4v) is 13.5. The van der Waals surface area contributed by atoms with Gasteiger partial charge in [0.1, 0.15) is 33.8 Å². The van der Waals surface area contributed by atoms with Crippen molar-refractivity contribution in [2.45, 2.75) is 232 Å². The number of fused-ring (bicyclic) bond motifs is 3. The minimum absolute atomic E-state index is 0.0320. The van der Waals surface area contributed by atoms with Crippen LogP contribution in [0.15, 0.2) is 114 Å². The van der Waals surface area contributed by atoms with Crippen molar-refractivity contribution in [2.24, 2.45) is 0 Å². The molecule has 7 N–H and O–H groups in total. The van der Waals surface area contributed by atoms with Crippen molar-refractivity contribution in [2.75, 3.05) is 56.2 Å². The topological polar surface area (TPSA) is 236 Å². The number of pyridine rings is 3. The number of ether oxygens (including phenoxy) is 3. The fourth-order valence-electron chi connectivity index (χ4n) is 13.2. The first-order chi connectivity index (χ1) is 45.0. The van der Waals surface area contributed by atoms with Gasteiger partial charge in [-0.3, -0.25) is 4.79 Å². The van der Waals surface area contributed by atoms with Crippen LogP contribution in [0.25, 0.3) is 22.5 Å². The lowest BCUT2D eigenvalue weighted by atomic mass is 9.61. The predicted molar refractivity (Wildman–Crippen MR) is 395 cm³/mol. The number of nitrogens with zero attached hydrogens (tertiary/aromatic N) is 4. The fraction of sp³-hybridized carbons (Fsp3) is 0.538. The molecular formula is C78H108BBrN8O9. The Hall–Kier alpha value is -6.74. The lowest BCUT2D eigenvalue weighted by Crippen LogP contribution is -2.49. The molecule has 6 aromatic rings. The Morgan fingerprint density at radius 1 is 0.577 bits per heavy atom. The van der Waals surface area contributed by atoms with Gasteiger partial charge in [0.15, 0.2) is 6.10 Å². The van der Waals surface area contributed by atoms with E-state index < -0.39 is 29.9 Å². The van der Waals surface area contributed by atoms with E-state index in [2.05, 4.69) is 202 Å². The molecular weight excluding hydrogens is 1280 g/mol. The van der Waals surface area contributed by atoms with Crippen LogP contribution in [-0.4, -0.2) is 118 Å². The van der Waals surface area contributed by atoms with Gasteiger partial charge in [-0.15, -0.1) is 0 Å². The van der Waals surface area contributed by atoms with Gasteiger partial charge in [-0.1, -0.05) is 144 Å². The highest BCUT2D eigenvalue weighted by molar-refractivity contribution is 9.10. The maximum absolute atomic E-state index is 12.4. The summed E-state index contributed by atoms with van der Waals surface area (Å²) in [5.74, 6) is 0.451. The van der Waals surface area contributed by atoms with Gasteiger partial charge < -0.3 is 55.6 Å². The first-order valence-electron chi connectivity index (χ1n) is 34.3. The molecule has 3 saturated heterocycles. The number of rotatable bonds is 6. The number of anilines is 3. The molecule has 2 unspecified atom stereocenters. The van der Waals surface area contributed by atoms with Crippen LogP contribution >= 0.6 is 15.9 Å². The summed E-state index contributed by atoms with van der Waals surface area (Å²) in [6.45, 7) is 44.3. The van der Waals surface area contributed by atoms with Crippen LogP contribution in [0.2, 0.25) is 0 Å². The van der Waals surface area contributed by atoms with Crippen molar-refractivity contribution in [3.63, 3.8) is 0 Å². The Kier molecular flexibility index (Phi) is 23.2. The Morgan fingerprint density at radius 3 is 1.46 bits per heavy atom. The number of aliphatic carboxylic acids is 1. The number of nitrogen functional groups attached to an aromatic ring is 2. The third kappa shape index (κ3) is 19.0. The maximum atomic E-state index is 12.4. The van der Waals surface area contributed by atoms with Crippen LogP contribution in [0.3, 0.4) is 0 Å². The zero-order valence-corrected chi connectivity index (χ0v) is 62.7. The van der Waals surface area contributed by atoms with E-state index in [0.29, 0.717) is 37.1 Å². The van der Waals surface area contributed by atoms with E-state index >= 15 is 0 Å². The van der Waals surface area contributed by atoms with Crippen LogP contribution in [-0.2, 0) is 65.6 Å². The summed E-state index contributed by atoms with van der Waals surface area (Å²) in [7, 11) is -0.272. The van der Waals surface area contributed by atoms with Gasteiger partial charge in [0.2, 0.25) is 0 Å². The average molecular weight is 1390 g/mol. The number of amides is 2. The molecule has 0 radical (unpaired) electrons. The van der Waals surface area contributed by atoms with Crippen LogP contribution in [0.4, 0.5) is 22.2 Å². The molecule has 6 heterocycles. The molecule has 3 aromatic carbocycles. The average Bonchev–Trinajstić information content (AvgIpc) is 1.61. The number of benzene rings is 3. The number of carbonyl (C=O) groups excluding carboxylic acids is 2. The molecule has 0 saturated carbocycles. The van der Waals surface area contributed by atoms with Crippen molar-refractivity contribution in [1.29, 1.82) is 0 Å². The quantitative estimate of drug-likeness (QED) is 0.0770. The molecule has 97 heavy (non-hydrogen) atoms. The van der Waals surface area contributed by atoms with E-state index in [0.717, 1.165) is 39.1 Å². The largest absolute Gasteiger partial charge is 0.494 e. The van der Waals surface area contributed by atoms with E-state index in [1.165, 1.54) is 76.8 Å². The molecule has 3 fully saturated rings. The number of nitrogens with one attached hydrogen (secondary N) is 2. The van der Waals surface area contributed by atoms with Crippen molar-refractivity contribution in [3.8, 4) is 22.5 Å². The molecule has 19 heteroatoms. The van der Waals surface area contributed by atoms with Crippen molar-refractivity contribution in [3.05, 3.63) is 147 Å². The van der Waals surface area contributed by atoms with E-state index in [-0.39, 0.29) is 69.9 Å². The van der Waals surface area contributed by atoms with E-state index in [1.807, 2.05) is 48.5 Å². The molecule has 2 amide bonds. The monoisotopic (exact) mass is 1390 g/mol. The second-order valence-corrected chi connectivity index (χ2v) is 33.4. The number of carbonyl (C=O) groups is 3. The second-order valence-electron chi connectivity index (χ2n) is 32.6. The summed E-state index contributed by atoms with van der Waals surface area (Å²) < 4.78 is 28.9. The van der Waals surface area contributed by atoms with Gasteiger partial charge in [0.05, 0.1) is 42.3 Å². The van der Waals surface area contributed by atoms with Crippen molar-refractivity contribution < 1.29 is 43.0 Å². The maximum Gasteiger partial charge on any atom is 0.494 e. The summed E-state index contributed by atoms with van der Waals surface area (Å²) in [6, 6.07) is 37.3. The van der Waals surface area contributed by atoms with Gasteiger partial charge in [-0.05, 0) is 223 Å². The lowest BCUT2D eigenvalue weighted by Gasteiger charge is -2.42. The molecule has 0 bridgehead atoms. The SMILES string of the molecule is CC(C)(C)OC(=O)N1CCOC(C(=O)O)C1.CC1(C)CCC(C)(C)c2cc(-c3cccc(N)n3)ccc21.CC1(C)CCC(C)(C)c2cc(-c3cccc(NC(=O)C4CNCCO4)n3)ccc21.CC1(C)CCC(C)(C)c2cc(B3OC(C)(C)C(C)(C)O3)ccc21.Nc1cccc(Br)n1. The first-order valence-corrected chi connectivity index (χ1v) is 35.1. The number of morpholine rings is 2. The summed E-state index contributed by atoms with van der Waals surface area (Å²) >= 11 is 3.17. The van der Waals surface area contributed by atoms with Crippen LogP contribution in [0.5, 0.6) is 0 Å². The lowest BCUT2D eigenvalue weighted by molar-refractivity contribution is -0.155. The minimum atomic E-state index is -1.06. The standard InChI is InChI=1S/C24H31N3O2.C20H31BO2.C19H24N2.C10H17NO5.C5H5BrN2/c1-23(2)10-11-24(3,4)18-14-16(8-9-17(18)23)19-6-5-7-21(26-19)27-22(28)20-15-25-12-13-29-20;1-17(2)11-12-18(3,4)16-13-14(9-10-15(16)17)21-22-19(5,6)20(7,8)23-21;1-18(2)10-11-19(3,4)15-12-13(8-9-14(15)18)16-6-5-7-17(20)21-16;1-10(2,3)16-9(14)11-4-5-15-7(6-11)8(12)13;6-4-2-1-3-5(7)8-4/h5-9,14,20,25H,10-13,15H2,1-4H3,(H,26,27,28);9-10,13H,11-12H2,1-8H3;5-9,12H,10-11H2,1-4H3,(H2,20,21);7H,4-6H2,1-3H3,(H,12,13);1-3H,(H2,7,8). The number of halogens is 1. The molecule has 3 aliphatic carbocycles. The van der Waals surface area contributed by atoms with Gasteiger partial charge >= 0.3 is 19.2 Å². The predicted octanol–water partition coefficient (Wildman–Crippen LogP) is 15.2. The van der Waals surface area contributed by atoms with E-state index in [4.69, 9.17) is 45.1 Å². The number of nitrogens with two attached hydrogens (primary N) is 2. The number of hydrogen-bond donors (Lipinski definition) is 5. The molecule has 6 aliphatic rings. The number of aromatic nitrogens is 3. The van der Waals surface area contributed by atoms with Gasteiger partial charge in [0.25, 0.3) is 5.91 Å². The highest BCUT2D eigenvalue weighted by Crippen LogP contribution is 2.49. The summed E-state index contributed by atoms with van der Waals surface area (Å²) in [6.07, 6.45) is 5.37. The van der Waals surface area contributed by atoms with E-state index in [1.54, 1.807) is 26.8 Å². The van der Waals surface area contributed by atoms with Gasteiger partial charge in [-0.25, -0.2) is 24.5 Å². The molecule has 12 rings (SSSR count). The number of hydrogen-bond acceptors (Lipinski definition) is 14. The zero-order valence-electron chi connectivity index (χ0n) is 61.1. The van der Waals surface area contributed by atoms with Crippen LogP contribution in [0, 0.1) is 0 Å². The first kappa shape index (κ1) is 76.0. The molecule has 3 aromatic heterocycles. The molecule has 0 spiro atoms. The second kappa shape index (κ2) is 29.6. The van der Waals surface area contributed by atoms with Crippen molar-refractivity contribution >= 4 is 63.9 Å². The normalized spacial score (nSPS) is 21.6. The summed E-state index contributed by atoms with van der Waals surface area (Å²) in [5, 5.41) is 14.8. The summed E-state index contributed by atoms with van der Waals surface area (Å²) in [4.78, 5) is 49.2. The van der Waals surface area contributed by atoms with Crippen LogP contribution in [0.1, 0.15) is 203 Å². The Labute approximate surface area is 586 Å². The minimum Gasteiger partial charge on any atom is -0.479 e. The molecule has 3 aliphatic heterocycles. The Morgan fingerprint density at radius 2 is 1.02 bits per heavy atom. The number of carboxylic acid groups (broad SMARTS) is 1. The van der Waals surface area contributed by atoms with Gasteiger partial charge in [-0.2, -0.15) is 0 Å². The third-order valence-corrected chi connectivity index (χ3v) is 20.9. The molecule has 17 nitrogen and oxygen atoms in total. The van der Waals surface area contributed by atoms with Crippen LogP contribution < -0.4 is 27.6 Å². The highest BCUT2D eigenvalue weighted by Gasteiger charge is 2.52. The molecule has 2 atom stereocenters.